The number of benzene rings is 1. The van der Waals surface area contributed by atoms with Crippen LogP contribution in [0.25, 0.3) is 0 Å². The minimum absolute atomic E-state index is 0.0279. The van der Waals surface area contributed by atoms with Gasteiger partial charge in [0.15, 0.2) is 6.10 Å². The van der Waals surface area contributed by atoms with E-state index in [4.69, 9.17) is 10.5 Å². The number of hydrogen-bond donors (Lipinski definition) is 2. The van der Waals surface area contributed by atoms with Gasteiger partial charge in [0, 0.05) is 12.1 Å². The molecule has 2 aliphatic rings. The molecule has 3 atom stereocenters. The number of rotatable bonds is 4. The van der Waals surface area contributed by atoms with Crippen molar-refractivity contribution < 1.29 is 9.53 Å². The molecule has 5 heteroatoms. The molecule has 2 saturated carbocycles. The summed E-state index contributed by atoms with van der Waals surface area (Å²) in [6.07, 6.45) is 5.15. The third-order valence-corrected chi connectivity index (χ3v) is 6.07. The van der Waals surface area contributed by atoms with Crippen molar-refractivity contribution in [1.29, 1.82) is 0 Å². The number of amides is 1. The van der Waals surface area contributed by atoms with E-state index < -0.39 is 6.10 Å². The normalized spacial score (nSPS) is 30.5. The first-order chi connectivity index (χ1) is 11.4. The summed E-state index contributed by atoms with van der Waals surface area (Å²) in [7, 11) is 0. The van der Waals surface area contributed by atoms with Gasteiger partial charge >= 0.3 is 0 Å². The van der Waals surface area contributed by atoms with Gasteiger partial charge in [0.2, 0.25) is 0 Å². The molecule has 0 saturated heterocycles. The molecule has 1 aromatic rings. The van der Waals surface area contributed by atoms with Gasteiger partial charge in [0.1, 0.15) is 5.75 Å². The maximum atomic E-state index is 12.6. The highest BCUT2D eigenvalue weighted by atomic mass is 79.9. The summed E-state index contributed by atoms with van der Waals surface area (Å²) in [6.45, 7) is 3.84. The van der Waals surface area contributed by atoms with Crippen molar-refractivity contribution in [3.63, 3.8) is 0 Å². The van der Waals surface area contributed by atoms with Crippen LogP contribution in [-0.4, -0.2) is 24.1 Å². The zero-order chi connectivity index (χ0) is 17.3. The molecule has 2 fully saturated rings. The lowest BCUT2D eigenvalue weighted by Crippen LogP contribution is -2.55. The Morgan fingerprint density at radius 2 is 2.00 bits per heavy atom. The van der Waals surface area contributed by atoms with Gasteiger partial charge in [0.25, 0.3) is 5.91 Å². The Balaban J connectivity index is 1.62. The van der Waals surface area contributed by atoms with Crippen molar-refractivity contribution in [2.24, 2.45) is 17.6 Å². The summed E-state index contributed by atoms with van der Waals surface area (Å²) < 4.78 is 6.74. The summed E-state index contributed by atoms with van der Waals surface area (Å²) in [5, 5.41) is 3.26. The second kappa shape index (κ2) is 7.44. The number of aryl methyl sites for hydroxylation is 1. The third kappa shape index (κ3) is 3.94. The van der Waals surface area contributed by atoms with E-state index in [-0.39, 0.29) is 11.9 Å². The molecule has 1 amide bonds. The van der Waals surface area contributed by atoms with Gasteiger partial charge in [-0.05, 0) is 85.0 Å². The number of nitrogens with one attached hydrogen (secondary N) is 1. The van der Waals surface area contributed by atoms with Crippen LogP contribution in [0.3, 0.4) is 0 Å². The minimum atomic E-state index is -0.514. The SMILES string of the molecule is Cc1ccc(OC(C)C(=O)NC2C3CCCC2CC(N)C3)c(Br)c1. The first kappa shape index (κ1) is 17.7. The summed E-state index contributed by atoms with van der Waals surface area (Å²) in [6, 6.07) is 6.44. The van der Waals surface area contributed by atoms with E-state index in [1.165, 1.54) is 19.3 Å². The number of hydrogen-bond acceptors (Lipinski definition) is 3. The van der Waals surface area contributed by atoms with E-state index in [1.54, 1.807) is 0 Å². The average molecular weight is 395 g/mol. The van der Waals surface area contributed by atoms with Crippen molar-refractivity contribution in [1.82, 2.24) is 5.32 Å². The number of halogens is 1. The molecule has 4 nitrogen and oxygen atoms in total. The Bertz CT molecular complexity index is 593. The molecule has 0 heterocycles. The largest absolute Gasteiger partial charge is 0.480 e. The van der Waals surface area contributed by atoms with Crippen LogP contribution in [0.5, 0.6) is 5.75 Å². The molecular weight excluding hydrogens is 368 g/mol. The van der Waals surface area contributed by atoms with Gasteiger partial charge in [-0.3, -0.25) is 4.79 Å². The lowest BCUT2D eigenvalue weighted by atomic mass is 9.67. The van der Waals surface area contributed by atoms with Gasteiger partial charge in [-0.25, -0.2) is 0 Å². The second-order valence-electron chi connectivity index (χ2n) is 7.41. The van der Waals surface area contributed by atoms with Gasteiger partial charge < -0.3 is 15.8 Å². The monoisotopic (exact) mass is 394 g/mol. The number of carbonyl (C=O) groups is 1. The van der Waals surface area contributed by atoms with E-state index in [1.807, 2.05) is 32.0 Å². The zero-order valence-electron chi connectivity index (χ0n) is 14.4. The minimum Gasteiger partial charge on any atom is -0.480 e. The Morgan fingerprint density at radius 1 is 1.33 bits per heavy atom. The van der Waals surface area contributed by atoms with Crippen molar-refractivity contribution in [3.8, 4) is 5.75 Å². The van der Waals surface area contributed by atoms with Crippen molar-refractivity contribution in [2.75, 3.05) is 0 Å². The summed E-state index contributed by atoms with van der Waals surface area (Å²) >= 11 is 3.50. The summed E-state index contributed by atoms with van der Waals surface area (Å²) in [4.78, 5) is 12.6. The van der Waals surface area contributed by atoms with Crippen molar-refractivity contribution in [3.05, 3.63) is 28.2 Å². The van der Waals surface area contributed by atoms with Crippen LogP contribution in [0, 0.1) is 18.8 Å². The van der Waals surface area contributed by atoms with Gasteiger partial charge in [-0.2, -0.15) is 0 Å². The molecule has 3 N–H and O–H groups in total. The number of carbonyl (C=O) groups excluding carboxylic acids is 1. The lowest BCUT2D eigenvalue weighted by Gasteiger charge is -2.45. The molecule has 0 radical (unpaired) electrons. The van der Waals surface area contributed by atoms with Crippen molar-refractivity contribution >= 4 is 21.8 Å². The lowest BCUT2D eigenvalue weighted by molar-refractivity contribution is -0.129. The van der Waals surface area contributed by atoms with E-state index >= 15 is 0 Å². The van der Waals surface area contributed by atoms with Crippen LogP contribution < -0.4 is 15.8 Å². The van der Waals surface area contributed by atoms with E-state index in [0.29, 0.717) is 23.6 Å². The molecule has 1 aromatic carbocycles. The Morgan fingerprint density at radius 3 is 2.62 bits per heavy atom. The molecule has 3 rings (SSSR count). The standard InChI is InChI=1S/C19H27BrN2O2/c1-11-6-7-17(16(20)8-11)24-12(2)19(23)22-18-13-4-3-5-14(18)10-15(21)9-13/h6-8,12-15,18H,3-5,9-10,21H2,1-2H3,(H,22,23). The molecule has 132 valence electrons. The van der Waals surface area contributed by atoms with Crippen LogP contribution in [0.2, 0.25) is 0 Å². The smallest absolute Gasteiger partial charge is 0.261 e. The molecule has 0 aromatic heterocycles. The highest BCUT2D eigenvalue weighted by Crippen LogP contribution is 2.39. The van der Waals surface area contributed by atoms with Crippen LogP contribution >= 0.6 is 15.9 Å². The first-order valence-corrected chi connectivity index (χ1v) is 9.72. The maximum absolute atomic E-state index is 12.6. The van der Waals surface area contributed by atoms with Crippen LogP contribution in [0.15, 0.2) is 22.7 Å². The molecule has 24 heavy (non-hydrogen) atoms. The molecule has 2 aliphatic carbocycles. The summed E-state index contributed by atoms with van der Waals surface area (Å²) in [5.41, 5.74) is 7.32. The highest BCUT2D eigenvalue weighted by Gasteiger charge is 2.40. The molecular formula is C19H27BrN2O2. The predicted molar refractivity (Wildman–Crippen MR) is 98.9 cm³/mol. The van der Waals surface area contributed by atoms with Crippen LogP contribution in [0.1, 0.15) is 44.6 Å². The average Bonchev–Trinajstić information content (AvgIpc) is 2.50. The first-order valence-electron chi connectivity index (χ1n) is 8.93. The fourth-order valence-electron chi connectivity index (χ4n) is 4.25. The molecule has 0 spiro atoms. The Labute approximate surface area is 152 Å². The highest BCUT2D eigenvalue weighted by molar-refractivity contribution is 9.10. The van der Waals surface area contributed by atoms with Gasteiger partial charge in [-0.15, -0.1) is 0 Å². The fraction of sp³-hybridized carbons (Fsp3) is 0.632. The van der Waals surface area contributed by atoms with Crippen molar-refractivity contribution in [2.45, 2.75) is 64.1 Å². The van der Waals surface area contributed by atoms with Gasteiger partial charge in [0.05, 0.1) is 4.47 Å². The van der Waals surface area contributed by atoms with Crippen LogP contribution in [-0.2, 0) is 4.79 Å². The van der Waals surface area contributed by atoms with E-state index in [0.717, 1.165) is 22.9 Å². The Kier molecular flexibility index (Phi) is 5.50. The van der Waals surface area contributed by atoms with E-state index in [2.05, 4.69) is 21.2 Å². The number of fused-ring (bicyclic) bond motifs is 2. The predicted octanol–water partition coefficient (Wildman–Crippen LogP) is 3.55. The second-order valence-corrected chi connectivity index (χ2v) is 8.27. The Hall–Kier alpha value is -1.07. The fourth-order valence-corrected chi connectivity index (χ4v) is 4.84. The molecule has 3 unspecified atom stereocenters. The van der Waals surface area contributed by atoms with E-state index in [9.17, 15) is 4.79 Å². The quantitative estimate of drug-likeness (QED) is 0.820. The molecule has 2 bridgehead atoms. The number of nitrogens with two attached hydrogens (primary N) is 1. The maximum Gasteiger partial charge on any atom is 0.261 e. The molecule has 0 aliphatic heterocycles. The summed E-state index contributed by atoms with van der Waals surface area (Å²) in [5.74, 6) is 1.72. The van der Waals surface area contributed by atoms with Gasteiger partial charge in [-0.1, -0.05) is 12.5 Å². The third-order valence-electron chi connectivity index (χ3n) is 5.45. The zero-order valence-corrected chi connectivity index (χ0v) is 16.0. The topological polar surface area (TPSA) is 64.3 Å². The number of ether oxygens (including phenoxy) is 1. The van der Waals surface area contributed by atoms with Crippen LogP contribution in [0.4, 0.5) is 0 Å².